The third-order valence-corrected chi connectivity index (χ3v) is 9.28. The Labute approximate surface area is 159 Å². The van der Waals surface area contributed by atoms with Crippen molar-refractivity contribution in [2.45, 2.75) is 97.5 Å². The number of ketones is 1. The van der Waals surface area contributed by atoms with Gasteiger partial charge < -0.3 is 5.11 Å². The minimum Gasteiger partial charge on any atom is -0.393 e. The molecule has 4 rings (SSSR count). The first-order valence-electron chi connectivity index (χ1n) is 11.3. The van der Waals surface area contributed by atoms with E-state index in [1.807, 2.05) is 0 Å². The Bertz CT molecular complexity index is 593. The maximum Gasteiger partial charge on any atom is 0.139 e. The maximum atomic E-state index is 12.5. The molecule has 0 radical (unpaired) electrons. The number of hydrogen-bond donors (Lipinski definition) is 1. The lowest BCUT2D eigenvalue weighted by Crippen LogP contribution is -2.57. The molecule has 0 aromatic carbocycles. The predicted molar refractivity (Wildman–Crippen MR) is 106 cm³/mol. The molecule has 4 aliphatic carbocycles. The first-order valence-corrected chi connectivity index (χ1v) is 11.3. The number of allylic oxidation sites excluding steroid dienone is 2. The van der Waals surface area contributed by atoms with Crippen LogP contribution >= 0.6 is 0 Å². The predicted octanol–water partition coefficient (Wildman–Crippen LogP) is 5.69. The maximum absolute atomic E-state index is 12.5. The van der Waals surface area contributed by atoms with Crippen molar-refractivity contribution in [2.24, 2.45) is 34.5 Å². The normalized spacial score (nSPS) is 49.6. The number of aliphatic hydroxyl groups is 1. The van der Waals surface area contributed by atoms with Gasteiger partial charge in [-0.3, -0.25) is 4.79 Å². The van der Waals surface area contributed by atoms with E-state index in [4.69, 9.17) is 0 Å². The highest BCUT2D eigenvalue weighted by Gasteiger charge is 2.61. The molecule has 1 N–H and O–H groups in total. The monoisotopic (exact) mass is 358 g/mol. The molecule has 0 aliphatic heterocycles. The number of fused-ring (bicyclic) bond motifs is 5. The summed E-state index contributed by atoms with van der Waals surface area (Å²) in [6, 6.07) is 0. The van der Waals surface area contributed by atoms with E-state index >= 15 is 0 Å². The third kappa shape index (κ3) is 2.74. The van der Waals surface area contributed by atoms with E-state index in [2.05, 4.69) is 26.8 Å². The smallest absolute Gasteiger partial charge is 0.139 e. The molecule has 146 valence electrons. The zero-order valence-corrected chi connectivity index (χ0v) is 17.1. The highest BCUT2D eigenvalue weighted by molar-refractivity contribution is 5.87. The van der Waals surface area contributed by atoms with Gasteiger partial charge in [-0.2, -0.15) is 0 Å². The van der Waals surface area contributed by atoms with Gasteiger partial charge in [-0.25, -0.2) is 0 Å². The molecule has 4 saturated carbocycles. The summed E-state index contributed by atoms with van der Waals surface area (Å²) >= 11 is 0. The van der Waals surface area contributed by atoms with Crippen LogP contribution in [0.5, 0.6) is 0 Å². The molecule has 0 heterocycles. The fraction of sp³-hybridized carbons (Fsp3) is 0.875. The third-order valence-electron chi connectivity index (χ3n) is 9.28. The van der Waals surface area contributed by atoms with Gasteiger partial charge in [-0.15, -0.1) is 0 Å². The number of Topliss-reactive ketones (excluding diaryl/α,β-unsaturated/α-hetero) is 1. The van der Waals surface area contributed by atoms with Crippen LogP contribution in [0, 0.1) is 34.5 Å². The molecular formula is C24H38O2. The van der Waals surface area contributed by atoms with Gasteiger partial charge in [0.05, 0.1) is 6.10 Å². The summed E-state index contributed by atoms with van der Waals surface area (Å²) in [5, 5.41) is 11.2. The average Bonchev–Trinajstić information content (AvgIpc) is 2.92. The van der Waals surface area contributed by atoms with E-state index in [9.17, 15) is 9.90 Å². The van der Waals surface area contributed by atoms with E-state index in [0.717, 1.165) is 38.0 Å². The second-order valence-electron chi connectivity index (χ2n) is 10.4. The van der Waals surface area contributed by atoms with Gasteiger partial charge in [-0.05, 0) is 80.5 Å². The number of rotatable bonds is 3. The molecule has 0 amide bonds. The number of aliphatic hydroxyl groups excluding tert-OH is 1. The van der Waals surface area contributed by atoms with Crippen molar-refractivity contribution < 1.29 is 9.90 Å². The van der Waals surface area contributed by atoms with Crippen LogP contribution < -0.4 is 0 Å². The number of unbranched alkanes of at least 4 members (excludes halogenated alkanes) is 2. The second-order valence-corrected chi connectivity index (χ2v) is 10.4. The zero-order valence-electron chi connectivity index (χ0n) is 17.1. The Morgan fingerprint density at radius 3 is 2.69 bits per heavy atom. The van der Waals surface area contributed by atoms with Crippen LogP contribution in [0.2, 0.25) is 0 Å². The molecule has 26 heavy (non-hydrogen) atoms. The summed E-state index contributed by atoms with van der Waals surface area (Å²) < 4.78 is 0. The van der Waals surface area contributed by atoms with Gasteiger partial charge in [0.1, 0.15) is 5.78 Å². The standard InChI is InChI=1S/C24H38O2/c1-4-5-6-7-16-10-12-23(2)19-11-13-24(3)18(8-9-22(24)26)17(19)15-21(25)20(23)14-16/h7,17-21,25H,4-6,8-15H2,1-3H3/b16-7+/t17?,18?,19?,20?,21?,23-,24+/m1/s1. The first-order chi connectivity index (χ1) is 12.4. The van der Waals surface area contributed by atoms with Gasteiger partial charge >= 0.3 is 0 Å². The van der Waals surface area contributed by atoms with Crippen LogP contribution in [0.15, 0.2) is 11.6 Å². The van der Waals surface area contributed by atoms with Gasteiger partial charge in [-0.1, -0.05) is 45.3 Å². The quantitative estimate of drug-likeness (QED) is 0.520. The lowest BCUT2D eigenvalue weighted by molar-refractivity contribution is -0.155. The zero-order chi connectivity index (χ0) is 18.5. The highest BCUT2D eigenvalue weighted by Crippen LogP contribution is 2.65. The fourth-order valence-corrected chi connectivity index (χ4v) is 7.61. The van der Waals surface area contributed by atoms with E-state index < -0.39 is 0 Å². The Hall–Kier alpha value is -0.630. The Balaban J connectivity index is 1.56. The van der Waals surface area contributed by atoms with Crippen molar-refractivity contribution in [1.82, 2.24) is 0 Å². The largest absolute Gasteiger partial charge is 0.393 e. The van der Waals surface area contributed by atoms with E-state index in [0.29, 0.717) is 23.5 Å². The molecule has 0 bridgehead atoms. The molecule has 0 saturated heterocycles. The van der Waals surface area contributed by atoms with Gasteiger partial charge in [0.15, 0.2) is 0 Å². The molecule has 7 atom stereocenters. The number of carbonyl (C=O) groups excluding carboxylic acids is 1. The molecule has 0 spiro atoms. The molecule has 5 unspecified atom stereocenters. The van der Waals surface area contributed by atoms with Crippen LogP contribution in [0.1, 0.15) is 91.4 Å². The first kappa shape index (κ1) is 18.7. The topological polar surface area (TPSA) is 37.3 Å². The highest BCUT2D eigenvalue weighted by atomic mass is 16.3. The molecule has 4 fully saturated rings. The van der Waals surface area contributed by atoms with E-state index in [1.54, 1.807) is 5.57 Å². The average molecular weight is 359 g/mol. The summed E-state index contributed by atoms with van der Waals surface area (Å²) in [5.41, 5.74) is 1.80. The van der Waals surface area contributed by atoms with Crippen LogP contribution in [0.3, 0.4) is 0 Å². The minimum atomic E-state index is -0.172. The fourth-order valence-electron chi connectivity index (χ4n) is 7.61. The van der Waals surface area contributed by atoms with Crippen LogP contribution in [0.25, 0.3) is 0 Å². The number of carbonyl (C=O) groups is 1. The van der Waals surface area contributed by atoms with Crippen molar-refractivity contribution in [3.8, 4) is 0 Å². The van der Waals surface area contributed by atoms with Crippen molar-refractivity contribution in [3.63, 3.8) is 0 Å². The lowest BCUT2D eigenvalue weighted by atomic mass is 9.44. The van der Waals surface area contributed by atoms with Crippen molar-refractivity contribution in [1.29, 1.82) is 0 Å². The molecule has 4 aliphatic rings. The Morgan fingerprint density at radius 1 is 1.12 bits per heavy atom. The van der Waals surface area contributed by atoms with E-state index in [-0.39, 0.29) is 16.9 Å². The Kier molecular flexibility index (Phi) is 4.87. The summed E-state index contributed by atoms with van der Waals surface area (Å²) in [6.45, 7) is 6.98. The summed E-state index contributed by atoms with van der Waals surface area (Å²) in [7, 11) is 0. The second kappa shape index (κ2) is 6.76. The van der Waals surface area contributed by atoms with Crippen molar-refractivity contribution in [2.75, 3.05) is 0 Å². The van der Waals surface area contributed by atoms with Crippen molar-refractivity contribution in [3.05, 3.63) is 11.6 Å². The minimum absolute atomic E-state index is 0.0794. The molecule has 2 nitrogen and oxygen atoms in total. The van der Waals surface area contributed by atoms with Crippen LogP contribution in [-0.4, -0.2) is 17.0 Å². The summed E-state index contributed by atoms with van der Waals surface area (Å²) in [6.07, 6.45) is 14.8. The van der Waals surface area contributed by atoms with Crippen LogP contribution in [-0.2, 0) is 4.79 Å². The molecule has 2 heteroatoms. The van der Waals surface area contributed by atoms with E-state index in [1.165, 1.54) is 38.5 Å². The van der Waals surface area contributed by atoms with Crippen LogP contribution in [0.4, 0.5) is 0 Å². The molecule has 0 aromatic heterocycles. The Morgan fingerprint density at radius 2 is 1.92 bits per heavy atom. The van der Waals surface area contributed by atoms with Crippen molar-refractivity contribution >= 4 is 5.78 Å². The lowest BCUT2D eigenvalue weighted by Gasteiger charge is -2.61. The number of hydrogen-bond acceptors (Lipinski definition) is 2. The summed E-state index contributed by atoms with van der Waals surface area (Å²) in [4.78, 5) is 12.5. The SMILES string of the molecule is CCCC/C=C1\CC[C@@]2(C)C(C1)C(O)CC1C2CC[C@]2(C)C(=O)CCC12. The van der Waals surface area contributed by atoms with Gasteiger partial charge in [0.2, 0.25) is 0 Å². The molecular weight excluding hydrogens is 320 g/mol. The van der Waals surface area contributed by atoms with Gasteiger partial charge in [0.25, 0.3) is 0 Å². The molecule has 0 aromatic rings. The van der Waals surface area contributed by atoms with Gasteiger partial charge in [0, 0.05) is 11.8 Å². The summed E-state index contributed by atoms with van der Waals surface area (Å²) in [5.74, 6) is 2.76.